The molecule has 1 saturated carbocycles. The summed E-state index contributed by atoms with van der Waals surface area (Å²) in [4.78, 5) is 0. The van der Waals surface area contributed by atoms with E-state index >= 15 is 0 Å². The number of nitrogens with one attached hydrogen (secondary N) is 1. The first-order chi connectivity index (χ1) is 6.83. The number of hydrogen-bond acceptors (Lipinski definition) is 1. The molecule has 1 N–H and O–H groups in total. The van der Waals surface area contributed by atoms with Crippen molar-refractivity contribution in [2.75, 3.05) is 7.05 Å². The smallest absolute Gasteiger partial charge is 0.00640 e. The van der Waals surface area contributed by atoms with Crippen molar-refractivity contribution in [2.24, 2.45) is 5.92 Å². The van der Waals surface area contributed by atoms with Crippen molar-refractivity contribution in [1.82, 2.24) is 5.32 Å². The van der Waals surface area contributed by atoms with Gasteiger partial charge in [-0.1, -0.05) is 51.9 Å². The summed E-state index contributed by atoms with van der Waals surface area (Å²) in [6, 6.07) is 0.795. The Bertz CT molecular complexity index is 133. The molecule has 0 aliphatic heterocycles. The molecule has 0 spiro atoms. The van der Waals surface area contributed by atoms with E-state index in [1.165, 1.54) is 57.8 Å². The van der Waals surface area contributed by atoms with Crippen LogP contribution in [0.15, 0.2) is 0 Å². The van der Waals surface area contributed by atoms with Crippen molar-refractivity contribution in [3.05, 3.63) is 0 Å². The van der Waals surface area contributed by atoms with Gasteiger partial charge in [-0.15, -0.1) is 0 Å². The van der Waals surface area contributed by atoms with Crippen molar-refractivity contribution >= 4 is 0 Å². The van der Waals surface area contributed by atoms with E-state index in [1.54, 1.807) is 0 Å². The minimum absolute atomic E-state index is 0.795. The summed E-state index contributed by atoms with van der Waals surface area (Å²) in [5.41, 5.74) is 0. The van der Waals surface area contributed by atoms with E-state index in [0.29, 0.717) is 0 Å². The third-order valence-electron chi connectivity index (χ3n) is 3.66. The third-order valence-corrected chi connectivity index (χ3v) is 3.66. The van der Waals surface area contributed by atoms with Gasteiger partial charge < -0.3 is 5.32 Å². The first kappa shape index (κ1) is 12.0. The van der Waals surface area contributed by atoms with Gasteiger partial charge in [0.15, 0.2) is 0 Å². The predicted molar refractivity (Wildman–Crippen MR) is 63.6 cm³/mol. The van der Waals surface area contributed by atoms with E-state index in [-0.39, 0.29) is 0 Å². The van der Waals surface area contributed by atoms with E-state index in [1.807, 2.05) is 0 Å². The van der Waals surface area contributed by atoms with E-state index in [0.717, 1.165) is 12.0 Å². The zero-order chi connectivity index (χ0) is 10.2. The van der Waals surface area contributed by atoms with Crippen molar-refractivity contribution in [1.29, 1.82) is 0 Å². The lowest BCUT2D eigenvalue weighted by atomic mass is 9.97. The summed E-state index contributed by atoms with van der Waals surface area (Å²) >= 11 is 0. The van der Waals surface area contributed by atoms with Crippen molar-refractivity contribution in [3.63, 3.8) is 0 Å². The lowest BCUT2D eigenvalue weighted by Gasteiger charge is -2.15. The Hall–Kier alpha value is -0.0400. The number of hydrogen-bond donors (Lipinski definition) is 1. The van der Waals surface area contributed by atoms with Crippen molar-refractivity contribution in [2.45, 2.75) is 70.8 Å². The maximum absolute atomic E-state index is 3.45. The van der Waals surface area contributed by atoms with E-state index in [4.69, 9.17) is 0 Å². The highest BCUT2D eigenvalue weighted by molar-refractivity contribution is 4.67. The minimum atomic E-state index is 0.795. The molecule has 0 saturated heterocycles. The fourth-order valence-corrected chi connectivity index (χ4v) is 2.52. The molecule has 0 aromatic rings. The van der Waals surface area contributed by atoms with Gasteiger partial charge in [-0.25, -0.2) is 0 Å². The van der Waals surface area contributed by atoms with Crippen LogP contribution in [0.2, 0.25) is 0 Å². The van der Waals surface area contributed by atoms with Gasteiger partial charge in [-0.3, -0.25) is 0 Å². The highest BCUT2D eigenvalue weighted by Crippen LogP contribution is 2.20. The van der Waals surface area contributed by atoms with Crippen LogP contribution >= 0.6 is 0 Å². The maximum Gasteiger partial charge on any atom is 0.00640 e. The highest BCUT2D eigenvalue weighted by atomic mass is 14.9. The van der Waals surface area contributed by atoms with Gasteiger partial charge in [0, 0.05) is 6.04 Å². The molecule has 1 nitrogen and oxygen atoms in total. The van der Waals surface area contributed by atoms with Gasteiger partial charge in [0.25, 0.3) is 0 Å². The largest absolute Gasteiger partial charge is 0.317 e. The third kappa shape index (κ3) is 4.99. The zero-order valence-electron chi connectivity index (χ0n) is 10.0. The molecule has 1 heteroatoms. The Morgan fingerprint density at radius 2 is 1.29 bits per heavy atom. The summed E-state index contributed by atoms with van der Waals surface area (Å²) in [5, 5.41) is 3.45. The van der Waals surface area contributed by atoms with Crippen LogP contribution in [-0.4, -0.2) is 13.1 Å². The molecule has 0 radical (unpaired) electrons. The second-order valence-corrected chi connectivity index (χ2v) is 5.01. The predicted octanol–water partition coefficient (Wildman–Crippen LogP) is 3.74. The molecule has 1 rings (SSSR count). The van der Waals surface area contributed by atoms with Gasteiger partial charge >= 0.3 is 0 Å². The van der Waals surface area contributed by atoms with Crippen LogP contribution in [0.4, 0.5) is 0 Å². The fourth-order valence-electron chi connectivity index (χ4n) is 2.52. The lowest BCUT2D eigenvalue weighted by Crippen LogP contribution is -2.24. The SMILES string of the molecule is CNC1CCCCCC(C)CCCC1. The molecule has 0 aromatic heterocycles. The Balaban J connectivity index is 2.26. The second kappa shape index (κ2) is 7.28. The highest BCUT2D eigenvalue weighted by Gasteiger charge is 2.09. The molecular formula is C13H27N. The summed E-state index contributed by atoms with van der Waals surface area (Å²) in [6.45, 7) is 2.42. The zero-order valence-corrected chi connectivity index (χ0v) is 10.0. The molecule has 2 atom stereocenters. The van der Waals surface area contributed by atoms with Crippen LogP contribution < -0.4 is 5.32 Å². The minimum Gasteiger partial charge on any atom is -0.317 e. The summed E-state index contributed by atoms with van der Waals surface area (Å²) in [7, 11) is 2.12. The van der Waals surface area contributed by atoms with E-state index in [2.05, 4.69) is 19.3 Å². The molecular weight excluding hydrogens is 170 g/mol. The van der Waals surface area contributed by atoms with Crippen molar-refractivity contribution < 1.29 is 0 Å². The van der Waals surface area contributed by atoms with Gasteiger partial charge in [0.05, 0.1) is 0 Å². The average molecular weight is 197 g/mol. The molecule has 1 aliphatic rings. The number of rotatable bonds is 1. The van der Waals surface area contributed by atoms with Gasteiger partial charge in [-0.05, 0) is 25.8 Å². The Morgan fingerprint density at radius 1 is 0.786 bits per heavy atom. The van der Waals surface area contributed by atoms with Crippen LogP contribution in [0, 0.1) is 5.92 Å². The fraction of sp³-hybridized carbons (Fsp3) is 1.00. The summed E-state index contributed by atoms with van der Waals surface area (Å²) < 4.78 is 0. The molecule has 84 valence electrons. The van der Waals surface area contributed by atoms with Gasteiger partial charge in [-0.2, -0.15) is 0 Å². The molecule has 2 unspecified atom stereocenters. The quantitative estimate of drug-likeness (QED) is 0.675. The Kier molecular flexibility index (Phi) is 6.25. The molecule has 0 heterocycles. The summed E-state index contributed by atoms with van der Waals surface area (Å²) in [6.07, 6.45) is 12.9. The van der Waals surface area contributed by atoms with Gasteiger partial charge in [0.1, 0.15) is 0 Å². The molecule has 0 aromatic carbocycles. The standard InChI is InChI=1S/C13H27N/c1-12-8-4-3-5-10-13(14-2)11-7-6-9-12/h12-14H,3-11H2,1-2H3. The first-order valence-corrected chi connectivity index (χ1v) is 6.50. The normalized spacial score (nSPS) is 32.1. The first-order valence-electron chi connectivity index (χ1n) is 6.50. The summed E-state index contributed by atoms with van der Waals surface area (Å²) in [5.74, 6) is 0.973. The Morgan fingerprint density at radius 3 is 1.93 bits per heavy atom. The van der Waals surface area contributed by atoms with Crippen LogP contribution in [0.25, 0.3) is 0 Å². The van der Waals surface area contributed by atoms with Crippen LogP contribution in [0.1, 0.15) is 64.7 Å². The van der Waals surface area contributed by atoms with Crippen LogP contribution in [0.5, 0.6) is 0 Å². The molecule has 14 heavy (non-hydrogen) atoms. The lowest BCUT2D eigenvalue weighted by molar-refractivity contribution is 0.438. The van der Waals surface area contributed by atoms with Crippen LogP contribution in [0.3, 0.4) is 0 Å². The average Bonchev–Trinajstić information content (AvgIpc) is 2.23. The maximum atomic E-state index is 3.45. The van der Waals surface area contributed by atoms with E-state index < -0.39 is 0 Å². The molecule has 0 amide bonds. The second-order valence-electron chi connectivity index (χ2n) is 5.01. The van der Waals surface area contributed by atoms with Crippen molar-refractivity contribution in [3.8, 4) is 0 Å². The molecule has 0 bridgehead atoms. The van der Waals surface area contributed by atoms with E-state index in [9.17, 15) is 0 Å². The topological polar surface area (TPSA) is 12.0 Å². The van der Waals surface area contributed by atoms with Gasteiger partial charge in [0.2, 0.25) is 0 Å². The molecule has 1 fully saturated rings. The Labute approximate surface area is 89.7 Å². The monoisotopic (exact) mass is 197 g/mol. The molecule has 1 aliphatic carbocycles. The van der Waals surface area contributed by atoms with Crippen LogP contribution in [-0.2, 0) is 0 Å².